The summed E-state index contributed by atoms with van der Waals surface area (Å²) in [6.07, 6.45) is -0.576. The SMILES string of the molecule is CCOC(=O)Nc1cc2c(c(N)n1)N=C(c1ccc(OC)cc1)CN2.Cl. The minimum atomic E-state index is -0.576. The number of fused-ring (bicyclic) bond motifs is 1. The van der Waals surface area contributed by atoms with Gasteiger partial charge in [0, 0.05) is 6.07 Å². The summed E-state index contributed by atoms with van der Waals surface area (Å²) in [5.41, 5.74) is 9.07. The van der Waals surface area contributed by atoms with Crippen LogP contribution in [0.2, 0.25) is 0 Å². The Hall–Kier alpha value is -3.00. The number of carbonyl (C=O) groups excluding carboxylic acids is 1. The molecule has 0 spiro atoms. The van der Waals surface area contributed by atoms with E-state index in [1.165, 1.54) is 0 Å². The summed E-state index contributed by atoms with van der Waals surface area (Å²) >= 11 is 0. The minimum Gasteiger partial charge on any atom is -0.497 e. The van der Waals surface area contributed by atoms with Gasteiger partial charge in [-0.2, -0.15) is 0 Å². The maximum atomic E-state index is 11.5. The van der Waals surface area contributed by atoms with Gasteiger partial charge in [-0.3, -0.25) is 5.32 Å². The van der Waals surface area contributed by atoms with Gasteiger partial charge in [-0.1, -0.05) is 0 Å². The number of benzene rings is 1. The number of carbonyl (C=O) groups is 1. The summed E-state index contributed by atoms with van der Waals surface area (Å²) < 4.78 is 10.00. The molecule has 138 valence electrons. The van der Waals surface area contributed by atoms with Crippen LogP contribution in [0.5, 0.6) is 5.75 Å². The summed E-state index contributed by atoms with van der Waals surface area (Å²) in [6, 6.07) is 9.30. The van der Waals surface area contributed by atoms with E-state index in [1.807, 2.05) is 24.3 Å². The molecule has 0 radical (unpaired) electrons. The molecule has 3 rings (SSSR count). The first kappa shape index (κ1) is 19.3. The lowest BCUT2D eigenvalue weighted by Gasteiger charge is -2.20. The fraction of sp³-hybridized carbons (Fsp3) is 0.235. The summed E-state index contributed by atoms with van der Waals surface area (Å²) in [6.45, 7) is 2.53. The van der Waals surface area contributed by atoms with E-state index in [-0.39, 0.29) is 24.8 Å². The number of rotatable bonds is 4. The lowest BCUT2D eigenvalue weighted by atomic mass is 10.1. The second-order valence-corrected chi connectivity index (χ2v) is 5.27. The maximum absolute atomic E-state index is 11.5. The number of hydrogen-bond acceptors (Lipinski definition) is 7. The number of ether oxygens (including phenoxy) is 2. The van der Waals surface area contributed by atoms with Crippen molar-refractivity contribution in [1.29, 1.82) is 0 Å². The average Bonchev–Trinajstić information content (AvgIpc) is 2.62. The monoisotopic (exact) mass is 377 g/mol. The van der Waals surface area contributed by atoms with Crippen LogP contribution in [-0.4, -0.2) is 37.1 Å². The zero-order valence-electron chi connectivity index (χ0n) is 14.4. The van der Waals surface area contributed by atoms with E-state index < -0.39 is 6.09 Å². The van der Waals surface area contributed by atoms with Crippen LogP contribution >= 0.6 is 12.4 Å². The fourth-order valence-electron chi connectivity index (χ4n) is 2.45. The van der Waals surface area contributed by atoms with Crippen LogP contribution < -0.4 is 21.1 Å². The van der Waals surface area contributed by atoms with Gasteiger partial charge in [-0.15, -0.1) is 12.4 Å². The van der Waals surface area contributed by atoms with Gasteiger partial charge in [0.1, 0.15) is 17.3 Å². The molecule has 1 aliphatic heterocycles. The largest absolute Gasteiger partial charge is 0.497 e. The number of nitrogens with two attached hydrogens (primary N) is 1. The van der Waals surface area contributed by atoms with Gasteiger partial charge in [-0.25, -0.2) is 14.8 Å². The number of aliphatic imine (C=N–C) groups is 1. The van der Waals surface area contributed by atoms with E-state index in [0.717, 1.165) is 17.0 Å². The number of halogens is 1. The van der Waals surface area contributed by atoms with Crippen LogP contribution in [0, 0.1) is 0 Å². The Morgan fingerprint density at radius 3 is 2.73 bits per heavy atom. The van der Waals surface area contributed by atoms with Crippen LogP contribution in [0.15, 0.2) is 35.3 Å². The molecule has 1 aromatic heterocycles. The van der Waals surface area contributed by atoms with Crippen LogP contribution in [0.3, 0.4) is 0 Å². The van der Waals surface area contributed by atoms with Crippen molar-refractivity contribution in [3.05, 3.63) is 35.9 Å². The van der Waals surface area contributed by atoms with Crippen molar-refractivity contribution in [2.45, 2.75) is 6.92 Å². The molecule has 0 saturated carbocycles. The number of nitrogens with zero attached hydrogens (tertiary/aromatic N) is 2. The normalized spacial score (nSPS) is 12.0. The first-order valence-electron chi connectivity index (χ1n) is 7.81. The molecule has 0 aliphatic carbocycles. The van der Waals surface area contributed by atoms with Gasteiger partial charge in [-0.05, 0) is 36.8 Å². The molecule has 1 aromatic carbocycles. The number of nitrogens with one attached hydrogen (secondary N) is 2. The Bertz CT molecular complexity index is 824. The second kappa shape index (κ2) is 8.39. The molecule has 0 unspecified atom stereocenters. The van der Waals surface area contributed by atoms with Crippen molar-refractivity contribution < 1.29 is 14.3 Å². The highest BCUT2D eigenvalue weighted by Gasteiger charge is 2.18. The van der Waals surface area contributed by atoms with E-state index in [4.69, 9.17) is 15.2 Å². The summed E-state index contributed by atoms with van der Waals surface area (Å²) in [4.78, 5) is 20.3. The van der Waals surface area contributed by atoms with E-state index in [2.05, 4.69) is 20.6 Å². The molecule has 26 heavy (non-hydrogen) atoms. The Morgan fingerprint density at radius 2 is 2.08 bits per heavy atom. The van der Waals surface area contributed by atoms with Gasteiger partial charge in [0.05, 0.1) is 31.7 Å². The number of methoxy groups -OCH3 is 1. The summed E-state index contributed by atoms with van der Waals surface area (Å²) in [7, 11) is 1.62. The van der Waals surface area contributed by atoms with Crippen LogP contribution in [0.25, 0.3) is 0 Å². The third-order valence-electron chi connectivity index (χ3n) is 3.64. The zero-order valence-corrected chi connectivity index (χ0v) is 15.2. The molecule has 8 nitrogen and oxygen atoms in total. The van der Waals surface area contributed by atoms with E-state index >= 15 is 0 Å². The number of anilines is 3. The summed E-state index contributed by atoms with van der Waals surface area (Å²) in [5, 5.41) is 5.79. The Morgan fingerprint density at radius 1 is 1.35 bits per heavy atom. The lowest BCUT2D eigenvalue weighted by Crippen LogP contribution is -2.20. The number of hydrogen-bond donors (Lipinski definition) is 3. The van der Waals surface area contributed by atoms with E-state index in [9.17, 15) is 4.79 Å². The second-order valence-electron chi connectivity index (χ2n) is 5.27. The Labute approximate surface area is 157 Å². The molecule has 0 atom stereocenters. The van der Waals surface area contributed by atoms with Crippen molar-refractivity contribution >= 4 is 47.2 Å². The lowest BCUT2D eigenvalue weighted by molar-refractivity contribution is 0.168. The fourth-order valence-corrected chi connectivity index (χ4v) is 2.45. The van der Waals surface area contributed by atoms with Gasteiger partial charge >= 0.3 is 6.09 Å². The van der Waals surface area contributed by atoms with Crippen LogP contribution in [0.4, 0.5) is 27.8 Å². The first-order chi connectivity index (χ1) is 12.1. The molecule has 2 heterocycles. The van der Waals surface area contributed by atoms with Gasteiger partial charge in [0.15, 0.2) is 5.82 Å². The number of pyridine rings is 1. The molecule has 1 aliphatic rings. The highest BCUT2D eigenvalue weighted by molar-refractivity contribution is 6.08. The van der Waals surface area contributed by atoms with Gasteiger partial charge in [0.25, 0.3) is 0 Å². The number of aromatic nitrogens is 1. The van der Waals surface area contributed by atoms with Gasteiger partial charge in [0.2, 0.25) is 0 Å². The summed E-state index contributed by atoms with van der Waals surface area (Å²) in [5.74, 6) is 1.32. The third-order valence-corrected chi connectivity index (χ3v) is 3.64. The molecule has 1 amide bonds. The van der Waals surface area contributed by atoms with Crippen molar-refractivity contribution in [3.8, 4) is 5.75 Å². The third kappa shape index (κ3) is 4.15. The molecule has 4 N–H and O–H groups in total. The van der Waals surface area contributed by atoms with Crippen molar-refractivity contribution in [1.82, 2.24) is 4.98 Å². The minimum absolute atomic E-state index is 0. The highest BCUT2D eigenvalue weighted by Crippen LogP contribution is 2.35. The highest BCUT2D eigenvalue weighted by atomic mass is 35.5. The topological polar surface area (TPSA) is 111 Å². The van der Waals surface area contributed by atoms with E-state index in [1.54, 1.807) is 20.1 Å². The standard InChI is InChI=1S/C17H19N5O3.ClH/c1-3-25-17(23)22-14-8-12-15(16(18)21-14)20-13(9-19-12)10-4-6-11(24-2)7-5-10;/h4-8,19H,3,9H2,1-2H3,(H3,18,21,22,23);1H. The Balaban J connectivity index is 0.00000243. The van der Waals surface area contributed by atoms with Crippen molar-refractivity contribution in [2.24, 2.45) is 4.99 Å². The molecule has 9 heteroatoms. The molecule has 2 aromatic rings. The molecule has 0 saturated heterocycles. The molecule has 0 fully saturated rings. The quantitative estimate of drug-likeness (QED) is 0.754. The number of amides is 1. The number of nitrogen functional groups attached to an aromatic ring is 1. The van der Waals surface area contributed by atoms with Gasteiger partial charge < -0.3 is 20.5 Å². The smallest absolute Gasteiger partial charge is 0.412 e. The van der Waals surface area contributed by atoms with Crippen molar-refractivity contribution in [3.63, 3.8) is 0 Å². The predicted molar refractivity (Wildman–Crippen MR) is 104 cm³/mol. The van der Waals surface area contributed by atoms with Crippen LogP contribution in [0.1, 0.15) is 12.5 Å². The first-order valence-corrected chi connectivity index (χ1v) is 7.81. The zero-order chi connectivity index (χ0) is 17.8. The Kier molecular flexibility index (Phi) is 6.24. The maximum Gasteiger partial charge on any atom is 0.412 e. The predicted octanol–water partition coefficient (Wildman–Crippen LogP) is 3.21. The molecular weight excluding hydrogens is 358 g/mol. The van der Waals surface area contributed by atoms with Crippen LogP contribution in [-0.2, 0) is 4.74 Å². The average molecular weight is 378 g/mol. The molecule has 0 bridgehead atoms. The van der Waals surface area contributed by atoms with Crippen molar-refractivity contribution in [2.75, 3.05) is 36.6 Å². The van der Waals surface area contributed by atoms with E-state index in [0.29, 0.717) is 23.7 Å². The molecular formula is C17H20ClN5O3.